The van der Waals surface area contributed by atoms with Crippen molar-refractivity contribution in [2.45, 2.75) is 75.9 Å². The molecular formula is C16H27NO2. The lowest BCUT2D eigenvalue weighted by Gasteiger charge is -2.43. The summed E-state index contributed by atoms with van der Waals surface area (Å²) in [5.41, 5.74) is 6.15. The summed E-state index contributed by atoms with van der Waals surface area (Å²) in [6, 6.07) is 0.123. The summed E-state index contributed by atoms with van der Waals surface area (Å²) in [5, 5.41) is 0. The lowest BCUT2D eigenvalue weighted by molar-refractivity contribution is -0.143. The van der Waals surface area contributed by atoms with E-state index in [-0.39, 0.29) is 17.6 Å². The average Bonchev–Trinajstić information content (AvgIpc) is 3.24. The Morgan fingerprint density at radius 2 is 1.95 bits per heavy atom. The van der Waals surface area contributed by atoms with E-state index in [9.17, 15) is 4.79 Å². The Kier molecular flexibility index (Phi) is 3.95. The molecule has 1 aliphatic heterocycles. The van der Waals surface area contributed by atoms with E-state index < -0.39 is 0 Å². The lowest BCUT2D eigenvalue weighted by atomic mass is 9.74. The van der Waals surface area contributed by atoms with Crippen LogP contribution in [0.3, 0.4) is 0 Å². The van der Waals surface area contributed by atoms with Gasteiger partial charge in [0.1, 0.15) is 5.78 Å². The minimum absolute atomic E-state index is 0.0422. The van der Waals surface area contributed by atoms with Crippen LogP contribution in [0.5, 0.6) is 0 Å². The van der Waals surface area contributed by atoms with Crippen LogP contribution in [-0.4, -0.2) is 24.0 Å². The highest BCUT2D eigenvalue weighted by Crippen LogP contribution is 2.41. The summed E-state index contributed by atoms with van der Waals surface area (Å²) in [6.45, 7) is 0.773. The molecule has 3 fully saturated rings. The second-order valence-corrected chi connectivity index (χ2v) is 6.95. The molecule has 3 aliphatic rings. The van der Waals surface area contributed by atoms with Crippen molar-refractivity contribution in [3.8, 4) is 0 Å². The summed E-state index contributed by atoms with van der Waals surface area (Å²) in [7, 11) is 0. The minimum Gasteiger partial charge on any atom is -0.375 e. The SMILES string of the molecule is NC(CC(=O)C1CCOC2(CCCCC2)C1)C1CC1. The molecule has 108 valence electrons. The van der Waals surface area contributed by atoms with Crippen LogP contribution >= 0.6 is 0 Å². The van der Waals surface area contributed by atoms with E-state index in [1.165, 1.54) is 32.1 Å². The van der Waals surface area contributed by atoms with Gasteiger partial charge in [-0.2, -0.15) is 0 Å². The quantitative estimate of drug-likeness (QED) is 0.850. The fraction of sp³-hybridized carbons (Fsp3) is 0.938. The number of hydrogen-bond acceptors (Lipinski definition) is 3. The molecule has 19 heavy (non-hydrogen) atoms. The Morgan fingerprint density at radius 3 is 2.63 bits per heavy atom. The van der Waals surface area contributed by atoms with Crippen LogP contribution in [0, 0.1) is 11.8 Å². The van der Waals surface area contributed by atoms with Crippen LogP contribution in [0.15, 0.2) is 0 Å². The Labute approximate surface area is 116 Å². The molecule has 0 radical (unpaired) electrons. The van der Waals surface area contributed by atoms with Crippen molar-refractivity contribution in [3.63, 3.8) is 0 Å². The van der Waals surface area contributed by atoms with Gasteiger partial charge in [-0.15, -0.1) is 0 Å². The normalized spacial score (nSPS) is 32.2. The lowest BCUT2D eigenvalue weighted by Crippen LogP contribution is -2.44. The molecule has 0 bridgehead atoms. The van der Waals surface area contributed by atoms with Gasteiger partial charge < -0.3 is 10.5 Å². The minimum atomic E-state index is 0.0422. The molecule has 3 rings (SSSR count). The van der Waals surface area contributed by atoms with Crippen molar-refractivity contribution in [1.82, 2.24) is 0 Å². The molecule has 1 saturated heterocycles. The smallest absolute Gasteiger partial charge is 0.137 e. The summed E-state index contributed by atoms with van der Waals surface area (Å²) < 4.78 is 6.07. The second kappa shape index (κ2) is 5.53. The summed E-state index contributed by atoms with van der Waals surface area (Å²) in [5.74, 6) is 1.26. The monoisotopic (exact) mass is 265 g/mol. The van der Waals surface area contributed by atoms with Crippen LogP contribution in [0.2, 0.25) is 0 Å². The maximum atomic E-state index is 12.4. The number of hydrogen-bond donors (Lipinski definition) is 1. The zero-order valence-corrected chi connectivity index (χ0v) is 11.9. The summed E-state index contributed by atoms with van der Waals surface area (Å²) in [4.78, 5) is 12.4. The molecule has 2 aliphatic carbocycles. The first kappa shape index (κ1) is 13.6. The van der Waals surface area contributed by atoms with Gasteiger partial charge in [0.15, 0.2) is 0 Å². The van der Waals surface area contributed by atoms with E-state index in [2.05, 4.69) is 0 Å². The predicted molar refractivity (Wildman–Crippen MR) is 74.8 cm³/mol. The van der Waals surface area contributed by atoms with Crippen molar-refractivity contribution in [3.05, 3.63) is 0 Å². The topological polar surface area (TPSA) is 52.3 Å². The highest BCUT2D eigenvalue weighted by atomic mass is 16.5. The summed E-state index contributed by atoms with van der Waals surface area (Å²) in [6.07, 6.45) is 11.1. The van der Waals surface area contributed by atoms with Gasteiger partial charge in [0.25, 0.3) is 0 Å². The molecule has 2 saturated carbocycles. The number of carbonyl (C=O) groups is 1. The Balaban J connectivity index is 1.56. The number of ketones is 1. The van der Waals surface area contributed by atoms with Gasteiger partial charge in [0, 0.05) is 25.0 Å². The first-order valence-electron chi connectivity index (χ1n) is 8.11. The third kappa shape index (κ3) is 3.19. The fourth-order valence-electron chi connectivity index (χ4n) is 3.94. The number of carbonyl (C=O) groups excluding carboxylic acids is 1. The average molecular weight is 265 g/mol. The molecule has 0 aromatic heterocycles. The van der Waals surface area contributed by atoms with Crippen molar-refractivity contribution >= 4 is 5.78 Å². The highest BCUT2D eigenvalue weighted by Gasteiger charge is 2.41. The van der Waals surface area contributed by atoms with Gasteiger partial charge in [0.2, 0.25) is 0 Å². The third-order valence-corrected chi connectivity index (χ3v) is 5.38. The van der Waals surface area contributed by atoms with Crippen molar-refractivity contribution in [1.29, 1.82) is 0 Å². The molecule has 3 nitrogen and oxygen atoms in total. The summed E-state index contributed by atoms with van der Waals surface area (Å²) >= 11 is 0. The standard InChI is InChI=1S/C16H27NO2/c17-14(12-4-5-12)10-15(18)13-6-9-19-16(11-13)7-2-1-3-8-16/h12-14H,1-11,17H2. The van der Waals surface area contributed by atoms with Gasteiger partial charge in [-0.05, 0) is 44.4 Å². The molecule has 1 spiro atoms. The van der Waals surface area contributed by atoms with Gasteiger partial charge >= 0.3 is 0 Å². The predicted octanol–water partition coefficient (Wildman–Crippen LogP) is 2.81. The second-order valence-electron chi connectivity index (χ2n) is 6.95. The van der Waals surface area contributed by atoms with Crippen LogP contribution in [0.4, 0.5) is 0 Å². The molecule has 1 heterocycles. The first-order valence-corrected chi connectivity index (χ1v) is 8.11. The molecule has 0 aromatic rings. The molecule has 2 unspecified atom stereocenters. The van der Waals surface area contributed by atoms with E-state index in [4.69, 9.17) is 10.5 Å². The molecule has 2 atom stereocenters. The number of nitrogens with two attached hydrogens (primary N) is 1. The Hall–Kier alpha value is -0.410. The van der Waals surface area contributed by atoms with Crippen molar-refractivity contribution in [2.24, 2.45) is 17.6 Å². The molecule has 0 amide bonds. The molecule has 2 N–H and O–H groups in total. The van der Waals surface area contributed by atoms with Crippen LogP contribution < -0.4 is 5.73 Å². The number of Topliss-reactive ketones (excluding diaryl/α,β-unsaturated/α-hetero) is 1. The number of rotatable bonds is 4. The van der Waals surface area contributed by atoms with E-state index in [1.54, 1.807) is 0 Å². The van der Waals surface area contributed by atoms with E-state index in [0.717, 1.165) is 32.3 Å². The van der Waals surface area contributed by atoms with Crippen LogP contribution in [0.25, 0.3) is 0 Å². The van der Waals surface area contributed by atoms with E-state index >= 15 is 0 Å². The largest absolute Gasteiger partial charge is 0.375 e. The third-order valence-electron chi connectivity index (χ3n) is 5.38. The Morgan fingerprint density at radius 1 is 1.21 bits per heavy atom. The number of ether oxygens (including phenoxy) is 1. The maximum absolute atomic E-state index is 12.4. The maximum Gasteiger partial charge on any atom is 0.137 e. The fourth-order valence-corrected chi connectivity index (χ4v) is 3.94. The first-order chi connectivity index (χ1) is 9.19. The van der Waals surface area contributed by atoms with Gasteiger partial charge in [-0.25, -0.2) is 0 Å². The zero-order valence-electron chi connectivity index (χ0n) is 11.9. The van der Waals surface area contributed by atoms with Gasteiger partial charge in [-0.1, -0.05) is 19.3 Å². The van der Waals surface area contributed by atoms with Crippen LogP contribution in [-0.2, 0) is 9.53 Å². The zero-order chi connectivity index (χ0) is 13.3. The Bertz CT molecular complexity index is 326. The van der Waals surface area contributed by atoms with Crippen molar-refractivity contribution < 1.29 is 9.53 Å². The van der Waals surface area contributed by atoms with E-state index in [1.807, 2.05) is 0 Å². The van der Waals surface area contributed by atoms with Crippen molar-refractivity contribution in [2.75, 3.05) is 6.61 Å². The van der Waals surface area contributed by atoms with Crippen LogP contribution in [0.1, 0.15) is 64.2 Å². The molecule has 3 heteroatoms. The highest BCUT2D eigenvalue weighted by molar-refractivity contribution is 5.81. The van der Waals surface area contributed by atoms with Gasteiger partial charge in [-0.3, -0.25) is 4.79 Å². The van der Waals surface area contributed by atoms with Gasteiger partial charge in [0.05, 0.1) is 5.60 Å². The molecular weight excluding hydrogens is 238 g/mol. The van der Waals surface area contributed by atoms with E-state index in [0.29, 0.717) is 18.1 Å². The molecule has 0 aromatic carbocycles.